The molecule has 2 atom stereocenters. The number of hydrogen-bond acceptors (Lipinski definition) is 3. The highest BCUT2D eigenvalue weighted by Gasteiger charge is 2.30. The van der Waals surface area contributed by atoms with Crippen molar-refractivity contribution < 1.29 is 9.18 Å². The number of rotatable bonds is 8. The van der Waals surface area contributed by atoms with Crippen molar-refractivity contribution in [1.29, 1.82) is 0 Å². The van der Waals surface area contributed by atoms with E-state index >= 15 is 0 Å². The summed E-state index contributed by atoms with van der Waals surface area (Å²) in [5.74, 6) is 1.11. The van der Waals surface area contributed by atoms with Crippen molar-refractivity contribution >= 4 is 33.5 Å². The lowest BCUT2D eigenvalue weighted by Gasteiger charge is -2.18. The number of carbonyl (C=O) groups excluding carboxylic acids is 1. The molecule has 174 valence electrons. The van der Waals surface area contributed by atoms with Gasteiger partial charge in [0, 0.05) is 37.6 Å². The van der Waals surface area contributed by atoms with Gasteiger partial charge in [0.15, 0.2) is 0 Å². The van der Waals surface area contributed by atoms with Crippen LogP contribution in [0.5, 0.6) is 0 Å². The van der Waals surface area contributed by atoms with E-state index in [1.54, 1.807) is 28.4 Å². The number of benzene rings is 1. The third kappa shape index (κ3) is 5.35. The number of pyridine rings is 1. The van der Waals surface area contributed by atoms with Gasteiger partial charge in [0.05, 0.1) is 15.9 Å². The van der Waals surface area contributed by atoms with Crippen molar-refractivity contribution in [3.05, 3.63) is 58.4 Å². The van der Waals surface area contributed by atoms with E-state index in [-0.39, 0.29) is 11.7 Å². The Labute approximate surface area is 200 Å². The average molecular weight is 465 g/mol. The molecule has 0 unspecified atom stereocenters. The van der Waals surface area contributed by atoms with Crippen molar-refractivity contribution in [1.82, 2.24) is 9.88 Å². The number of thiophene rings is 1. The van der Waals surface area contributed by atoms with Gasteiger partial charge in [-0.3, -0.25) is 9.78 Å². The number of allylic oxidation sites excluding steroid dienone is 1. The number of halogens is 1. The molecule has 0 radical (unpaired) electrons. The zero-order chi connectivity index (χ0) is 23.7. The first-order valence-corrected chi connectivity index (χ1v) is 12.7. The fourth-order valence-electron chi connectivity index (χ4n) is 4.46. The monoisotopic (exact) mass is 464 g/mol. The molecule has 2 aromatic heterocycles. The molecule has 1 aromatic carbocycles. The summed E-state index contributed by atoms with van der Waals surface area (Å²) in [6, 6.07) is 6.84. The molecule has 0 spiro atoms. The molecule has 0 aliphatic heterocycles. The summed E-state index contributed by atoms with van der Waals surface area (Å²) in [7, 11) is 3.62. The summed E-state index contributed by atoms with van der Waals surface area (Å²) in [5, 5.41) is 2.17. The van der Waals surface area contributed by atoms with Crippen LogP contribution in [0.25, 0.3) is 27.4 Å². The summed E-state index contributed by atoms with van der Waals surface area (Å²) in [4.78, 5) is 18.9. The largest absolute Gasteiger partial charge is 0.349 e. The Morgan fingerprint density at radius 1 is 1.24 bits per heavy atom. The molecule has 2 heterocycles. The second kappa shape index (κ2) is 9.76. The predicted octanol–water partition coefficient (Wildman–Crippen LogP) is 7.44. The first-order valence-electron chi connectivity index (χ1n) is 11.8. The molecule has 3 nitrogen and oxygen atoms in total. The van der Waals surface area contributed by atoms with Crippen LogP contribution in [0.1, 0.15) is 62.3 Å². The Balaban J connectivity index is 1.71. The molecule has 0 bridgehead atoms. The molecular weight excluding hydrogens is 431 g/mol. The van der Waals surface area contributed by atoms with Crippen LogP contribution < -0.4 is 0 Å². The van der Waals surface area contributed by atoms with E-state index in [4.69, 9.17) is 4.98 Å². The molecule has 0 saturated heterocycles. The molecule has 1 saturated carbocycles. The molecule has 3 aromatic rings. The van der Waals surface area contributed by atoms with E-state index in [1.807, 2.05) is 26.2 Å². The maximum absolute atomic E-state index is 13.7. The zero-order valence-corrected chi connectivity index (χ0v) is 21.0. The summed E-state index contributed by atoms with van der Waals surface area (Å²) >= 11 is 1.72. The maximum atomic E-state index is 13.7. The third-order valence-electron chi connectivity index (χ3n) is 6.43. The lowest BCUT2D eigenvalue weighted by molar-refractivity contribution is -0.129. The highest BCUT2D eigenvalue weighted by Crippen LogP contribution is 2.47. The Kier molecular flexibility index (Phi) is 6.99. The van der Waals surface area contributed by atoms with E-state index in [1.165, 1.54) is 39.9 Å². The number of aryl methyl sites for hydroxylation is 1. The first-order chi connectivity index (χ1) is 15.7. The van der Waals surface area contributed by atoms with Crippen LogP contribution in [0.3, 0.4) is 0 Å². The third-order valence-corrected chi connectivity index (χ3v) is 7.54. The van der Waals surface area contributed by atoms with Crippen LogP contribution in [0, 0.1) is 24.6 Å². The summed E-state index contributed by atoms with van der Waals surface area (Å²) in [6.45, 7) is 6.47. The molecule has 1 fully saturated rings. The van der Waals surface area contributed by atoms with Crippen molar-refractivity contribution in [3.63, 3.8) is 0 Å². The second-order valence-corrected chi connectivity index (χ2v) is 10.7. The highest BCUT2D eigenvalue weighted by atomic mass is 32.1. The van der Waals surface area contributed by atoms with Crippen molar-refractivity contribution in [2.75, 3.05) is 14.1 Å². The van der Waals surface area contributed by atoms with E-state index in [0.29, 0.717) is 24.2 Å². The van der Waals surface area contributed by atoms with Gasteiger partial charge in [-0.15, -0.1) is 11.3 Å². The summed E-state index contributed by atoms with van der Waals surface area (Å²) < 4.78 is 14.9. The van der Waals surface area contributed by atoms with Gasteiger partial charge in [-0.2, -0.15) is 0 Å². The lowest BCUT2D eigenvalue weighted by atomic mass is 9.91. The fraction of sp³-hybridized carbons (Fsp3) is 0.429. The number of fused-ring (bicyclic) bond motifs is 1. The highest BCUT2D eigenvalue weighted by molar-refractivity contribution is 7.18. The van der Waals surface area contributed by atoms with Crippen LogP contribution in [0.15, 0.2) is 35.7 Å². The quantitative estimate of drug-likeness (QED) is 0.347. The average Bonchev–Trinajstić information content (AvgIpc) is 3.55. The summed E-state index contributed by atoms with van der Waals surface area (Å²) in [5.41, 5.74) is 6.81. The van der Waals surface area contributed by atoms with Gasteiger partial charge in [-0.05, 0) is 66.7 Å². The maximum Gasteiger partial charge on any atom is 0.222 e. The van der Waals surface area contributed by atoms with Gasteiger partial charge in [-0.1, -0.05) is 38.1 Å². The summed E-state index contributed by atoms with van der Waals surface area (Å²) in [6.07, 6.45) is 8.36. The number of aromatic nitrogens is 1. The minimum absolute atomic E-state index is 0.177. The Hall–Kier alpha value is -2.53. The molecule has 1 amide bonds. The van der Waals surface area contributed by atoms with Crippen molar-refractivity contribution in [2.24, 2.45) is 11.8 Å². The molecule has 1 aliphatic carbocycles. The van der Waals surface area contributed by atoms with Gasteiger partial charge < -0.3 is 4.90 Å². The van der Waals surface area contributed by atoms with Crippen LogP contribution in [0.2, 0.25) is 0 Å². The van der Waals surface area contributed by atoms with Gasteiger partial charge in [0.1, 0.15) is 5.82 Å². The molecule has 33 heavy (non-hydrogen) atoms. The van der Waals surface area contributed by atoms with Crippen LogP contribution in [-0.4, -0.2) is 29.9 Å². The minimum Gasteiger partial charge on any atom is -0.349 e. The van der Waals surface area contributed by atoms with Gasteiger partial charge >= 0.3 is 0 Å². The smallest absolute Gasteiger partial charge is 0.222 e. The van der Waals surface area contributed by atoms with Crippen molar-refractivity contribution in [3.8, 4) is 11.1 Å². The molecule has 5 heteroatoms. The van der Waals surface area contributed by atoms with E-state index in [2.05, 4.69) is 38.3 Å². The van der Waals surface area contributed by atoms with Crippen LogP contribution in [-0.2, 0) is 4.79 Å². The molecule has 0 N–H and O–H groups in total. The SMILES string of the molecule is Cc1csc2c(-c3ccc(F)cc3)c(/C=C/[C@@H](C)C[C@@H](C)CC(=O)N(C)C)c(C3CC3)nc12. The molecule has 1 aliphatic rings. The molecular formula is C28H33FN2OS. The van der Waals surface area contributed by atoms with Crippen LogP contribution >= 0.6 is 11.3 Å². The van der Waals surface area contributed by atoms with E-state index in [9.17, 15) is 9.18 Å². The fourth-order valence-corrected chi connectivity index (χ4v) is 5.53. The predicted molar refractivity (Wildman–Crippen MR) is 137 cm³/mol. The first kappa shape index (κ1) is 23.6. The topological polar surface area (TPSA) is 33.2 Å². The van der Waals surface area contributed by atoms with Crippen LogP contribution in [0.4, 0.5) is 4.39 Å². The van der Waals surface area contributed by atoms with Gasteiger partial charge in [0.2, 0.25) is 5.91 Å². The normalized spacial score (nSPS) is 15.8. The Morgan fingerprint density at radius 2 is 1.94 bits per heavy atom. The second-order valence-electron chi connectivity index (χ2n) is 9.83. The Morgan fingerprint density at radius 3 is 2.58 bits per heavy atom. The van der Waals surface area contributed by atoms with E-state index in [0.717, 1.165) is 17.5 Å². The standard InChI is InChI=1S/C28H33FN2OS/c1-17(14-18(2)15-24(32)31(4)5)6-13-23-25(20-9-11-22(29)12-10-20)28-26(19(3)16-33-28)30-27(23)21-7-8-21/h6,9-13,16-18,21H,7-8,14-15H2,1-5H3/b13-6+/t17-,18-/m1/s1. The Bertz CT molecular complexity index is 1170. The number of amides is 1. The molecule has 4 rings (SSSR count). The van der Waals surface area contributed by atoms with Gasteiger partial charge in [0.25, 0.3) is 0 Å². The number of hydrogen-bond donors (Lipinski definition) is 0. The zero-order valence-electron chi connectivity index (χ0n) is 20.2. The van der Waals surface area contributed by atoms with Crippen molar-refractivity contribution in [2.45, 2.75) is 52.4 Å². The number of nitrogens with zero attached hydrogens (tertiary/aromatic N) is 2. The van der Waals surface area contributed by atoms with Gasteiger partial charge in [-0.25, -0.2) is 4.39 Å². The lowest BCUT2D eigenvalue weighted by Crippen LogP contribution is -2.23. The minimum atomic E-state index is -0.221. The number of carbonyl (C=O) groups is 1. The van der Waals surface area contributed by atoms with E-state index < -0.39 is 0 Å².